The Hall–Kier alpha value is -2.57. The smallest absolute Gasteiger partial charge is 0.289 e. The molecule has 1 fully saturated rings. The summed E-state index contributed by atoms with van der Waals surface area (Å²) in [4.78, 5) is 24.8. The van der Waals surface area contributed by atoms with Crippen molar-refractivity contribution < 1.29 is 9.21 Å². The lowest BCUT2D eigenvalue weighted by Crippen LogP contribution is -2.31. The van der Waals surface area contributed by atoms with Crippen molar-refractivity contribution in [1.82, 2.24) is 14.9 Å². The molecule has 134 valence electrons. The second kappa shape index (κ2) is 7.55. The van der Waals surface area contributed by atoms with Crippen molar-refractivity contribution in [2.75, 3.05) is 37.4 Å². The van der Waals surface area contributed by atoms with Crippen LogP contribution in [0, 0.1) is 6.92 Å². The summed E-state index contributed by atoms with van der Waals surface area (Å²) in [6.07, 6.45) is 3.66. The first-order valence-corrected chi connectivity index (χ1v) is 8.68. The van der Waals surface area contributed by atoms with E-state index in [1.54, 1.807) is 20.2 Å². The molecule has 0 aromatic carbocycles. The molecule has 0 unspecified atom stereocenters. The van der Waals surface area contributed by atoms with E-state index in [1.807, 2.05) is 19.1 Å². The first-order valence-electron chi connectivity index (χ1n) is 8.68. The third kappa shape index (κ3) is 4.29. The van der Waals surface area contributed by atoms with Crippen LogP contribution >= 0.6 is 0 Å². The van der Waals surface area contributed by atoms with Crippen molar-refractivity contribution in [3.8, 4) is 0 Å². The van der Waals surface area contributed by atoms with Crippen molar-refractivity contribution in [2.45, 2.75) is 32.7 Å². The predicted octanol–water partition coefficient (Wildman–Crippen LogP) is 2.68. The molecule has 0 atom stereocenters. The molecule has 0 saturated carbocycles. The first-order chi connectivity index (χ1) is 12.0. The number of carbonyl (C=O) groups excluding carboxylic acids is 1. The summed E-state index contributed by atoms with van der Waals surface area (Å²) in [5.74, 6) is 2.45. The normalized spacial score (nSPS) is 14.4. The van der Waals surface area contributed by atoms with E-state index in [9.17, 15) is 4.79 Å². The minimum atomic E-state index is -0.142. The van der Waals surface area contributed by atoms with Crippen molar-refractivity contribution in [3.05, 3.63) is 35.4 Å². The van der Waals surface area contributed by atoms with Crippen LogP contribution in [0.3, 0.4) is 0 Å². The lowest BCUT2D eigenvalue weighted by Gasteiger charge is -2.27. The zero-order valence-electron chi connectivity index (χ0n) is 15.1. The van der Waals surface area contributed by atoms with Crippen LogP contribution in [-0.2, 0) is 6.54 Å². The fourth-order valence-electron chi connectivity index (χ4n) is 2.86. The number of nitrogens with one attached hydrogen (secondary N) is 1. The van der Waals surface area contributed by atoms with Crippen molar-refractivity contribution in [3.63, 3.8) is 0 Å². The summed E-state index contributed by atoms with van der Waals surface area (Å²) in [6, 6.07) is 5.43. The molecule has 1 N–H and O–H groups in total. The Morgan fingerprint density at radius 3 is 2.72 bits per heavy atom. The summed E-state index contributed by atoms with van der Waals surface area (Å²) in [6.45, 7) is 4.46. The van der Waals surface area contributed by atoms with Gasteiger partial charge in [0, 0.05) is 38.9 Å². The van der Waals surface area contributed by atoms with Gasteiger partial charge >= 0.3 is 0 Å². The van der Waals surface area contributed by atoms with Gasteiger partial charge < -0.3 is 19.5 Å². The summed E-state index contributed by atoms with van der Waals surface area (Å²) < 4.78 is 5.60. The van der Waals surface area contributed by atoms with E-state index in [1.165, 1.54) is 24.2 Å². The number of aryl methyl sites for hydroxylation is 1. The number of amides is 1. The van der Waals surface area contributed by atoms with Gasteiger partial charge in [0.05, 0.1) is 6.54 Å². The van der Waals surface area contributed by atoms with E-state index in [4.69, 9.17) is 4.42 Å². The molecule has 1 aliphatic rings. The zero-order chi connectivity index (χ0) is 17.8. The molecule has 25 heavy (non-hydrogen) atoms. The summed E-state index contributed by atoms with van der Waals surface area (Å²) in [7, 11) is 3.41. The molecule has 1 aliphatic heterocycles. The SMILES string of the molecule is Cc1cc(NCc2ccc(C(=O)N(C)C)o2)nc(N2CCCCC2)n1. The highest BCUT2D eigenvalue weighted by Gasteiger charge is 2.15. The van der Waals surface area contributed by atoms with Crippen LogP contribution in [0.2, 0.25) is 0 Å². The average molecular weight is 343 g/mol. The van der Waals surface area contributed by atoms with E-state index in [-0.39, 0.29) is 5.91 Å². The number of anilines is 2. The molecule has 7 heteroatoms. The molecule has 1 amide bonds. The lowest BCUT2D eigenvalue weighted by molar-refractivity contribution is 0.0795. The Balaban J connectivity index is 1.67. The van der Waals surface area contributed by atoms with Gasteiger partial charge in [-0.05, 0) is 38.3 Å². The number of carbonyl (C=O) groups is 1. The van der Waals surface area contributed by atoms with Crippen LogP contribution in [-0.4, -0.2) is 48.0 Å². The Kier molecular flexibility index (Phi) is 5.21. The highest BCUT2D eigenvalue weighted by molar-refractivity contribution is 5.91. The summed E-state index contributed by atoms with van der Waals surface area (Å²) in [5, 5.41) is 3.27. The second-order valence-electron chi connectivity index (χ2n) is 6.56. The van der Waals surface area contributed by atoms with Crippen LogP contribution in [0.5, 0.6) is 0 Å². The fourth-order valence-corrected chi connectivity index (χ4v) is 2.86. The molecule has 2 aromatic heterocycles. The van der Waals surface area contributed by atoms with E-state index >= 15 is 0 Å². The third-order valence-electron chi connectivity index (χ3n) is 4.20. The minimum Gasteiger partial charge on any atom is -0.454 e. The summed E-state index contributed by atoms with van der Waals surface area (Å²) >= 11 is 0. The largest absolute Gasteiger partial charge is 0.454 e. The van der Waals surface area contributed by atoms with Crippen LogP contribution in [0.15, 0.2) is 22.6 Å². The fraction of sp³-hybridized carbons (Fsp3) is 0.500. The van der Waals surface area contributed by atoms with Gasteiger partial charge in [0.2, 0.25) is 5.95 Å². The van der Waals surface area contributed by atoms with Gasteiger partial charge in [-0.15, -0.1) is 0 Å². The summed E-state index contributed by atoms with van der Waals surface area (Å²) in [5.41, 5.74) is 0.931. The highest BCUT2D eigenvalue weighted by Crippen LogP contribution is 2.19. The van der Waals surface area contributed by atoms with Gasteiger partial charge in [0.15, 0.2) is 5.76 Å². The maximum Gasteiger partial charge on any atom is 0.289 e. The van der Waals surface area contributed by atoms with Gasteiger partial charge in [-0.25, -0.2) is 4.98 Å². The quantitative estimate of drug-likeness (QED) is 0.900. The van der Waals surface area contributed by atoms with Crippen LogP contribution in [0.25, 0.3) is 0 Å². The molecule has 3 rings (SSSR count). The Morgan fingerprint density at radius 1 is 1.24 bits per heavy atom. The van der Waals surface area contributed by atoms with E-state index in [0.717, 1.165) is 30.5 Å². The monoisotopic (exact) mass is 343 g/mol. The molecule has 1 saturated heterocycles. The van der Waals surface area contributed by atoms with Gasteiger partial charge in [0.1, 0.15) is 11.6 Å². The number of hydrogen-bond acceptors (Lipinski definition) is 6. The van der Waals surface area contributed by atoms with Crippen LogP contribution < -0.4 is 10.2 Å². The molecule has 0 aliphatic carbocycles. The predicted molar refractivity (Wildman–Crippen MR) is 96.9 cm³/mol. The zero-order valence-corrected chi connectivity index (χ0v) is 15.1. The Morgan fingerprint density at radius 2 is 2.00 bits per heavy atom. The third-order valence-corrected chi connectivity index (χ3v) is 4.20. The number of aromatic nitrogens is 2. The second-order valence-corrected chi connectivity index (χ2v) is 6.56. The highest BCUT2D eigenvalue weighted by atomic mass is 16.4. The Bertz CT molecular complexity index is 735. The standard InChI is InChI=1S/C18H25N5O2/c1-13-11-16(21-18(20-13)23-9-5-4-6-10-23)19-12-14-7-8-15(25-14)17(24)22(2)3/h7-8,11H,4-6,9-10,12H2,1-3H3,(H,19,20,21). The molecular weight excluding hydrogens is 318 g/mol. The van der Waals surface area contributed by atoms with Gasteiger partial charge in [0.25, 0.3) is 5.91 Å². The minimum absolute atomic E-state index is 0.142. The lowest BCUT2D eigenvalue weighted by atomic mass is 10.1. The number of hydrogen-bond donors (Lipinski definition) is 1. The topological polar surface area (TPSA) is 74.5 Å². The maximum absolute atomic E-state index is 11.9. The van der Waals surface area contributed by atoms with Gasteiger partial charge in [-0.3, -0.25) is 4.79 Å². The number of nitrogens with zero attached hydrogens (tertiary/aromatic N) is 4. The molecular formula is C18H25N5O2. The van der Waals surface area contributed by atoms with Crippen LogP contribution in [0.4, 0.5) is 11.8 Å². The van der Waals surface area contributed by atoms with Gasteiger partial charge in [-0.2, -0.15) is 4.98 Å². The molecule has 0 bridgehead atoms. The first kappa shape index (κ1) is 17.3. The number of furan rings is 1. The average Bonchev–Trinajstić information content (AvgIpc) is 3.08. The number of rotatable bonds is 5. The molecule has 3 heterocycles. The molecule has 0 spiro atoms. The van der Waals surface area contributed by atoms with E-state index in [2.05, 4.69) is 20.2 Å². The van der Waals surface area contributed by atoms with E-state index in [0.29, 0.717) is 18.1 Å². The van der Waals surface area contributed by atoms with Crippen molar-refractivity contribution in [2.24, 2.45) is 0 Å². The molecule has 7 nitrogen and oxygen atoms in total. The van der Waals surface area contributed by atoms with Crippen molar-refractivity contribution in [1.29, 1.82) is 0 Å². The Labute approximate surface area is 148 Å². The van der Waals surface area contributed by atoms with Crippen LogP contribution in [0.1, 0.15) is 41.3 Å². The number of piperidine rings is 1. The molecule has 2 aromatic rings. The van der Waals surface area contributed by atoms with Gasteiger partial charge in [-0.1, -0.05) is 0 Å². The molecule has 0 radical (unpaired) electrons. The maximum atomic E-state index is 11.9. The van der Waals surface area contributed by atoms with E-state index < -0.39 is 0 Å². The van der Waals surface area contributed by atoms with Crippen molar-refractivity contribution >= 4 is 17.7 Å².